The molecule has 0 aromatic heterocycles. The van der Waals surface area contributed by atoms with Gasteiger partial charge in [-0.15, -0.1) is 0 Å². The van der Waals surface area contributed by atoms with Crippen molar-refractivity contribution in [2.75, 3.05) is 0 Å². The number of benzene rings is 4. The zero-order chi connectivity index (χ0) is 24.4. The van der Waals surface area contributed by atoms with Crippen molar-refractivity contribution in [3.05, 3.63) is 143 Å². The quantitative estimate of drug-likeness (QED) is 0.268. The number of ether oxygens (including phenoxy) is 1. The van der Waals surface area contributed by atoms with Crippen LogP contribution in [0.2, 0.25) is 0 Å². The Morgan fingerprint density at radius 3 is 2.22 bits per heavy atom. The normalized spacial score (nSPS) is 21.4. The second-order valence-corrected chi connectivity index (χ2v) is 11.1. The van der Waals surface area contributed by atoms with Gasteiger partial charge in [0, 0.05) is 22.6 Å². The van der Waals surface area contributed by atoms with Crippen LogP contribution in [0.5, 0.6) is 11.5 Å². The van der Waals surface area contributed by atoms with Gasteiger partial charge in [0.2, 0.25) is 0 Å². The lowest BCUT2D eigenvalue weighted by molar-refractivity contribution is 0.436. The number of allylic oxidation sites excluding steroid dienone is 3. The molecule has 4 aromatic carbocycles. The van der Waals surface area contributed by atoms with E-state index < -0.39 is 5.41 Å². The number of hydrazone groups is 1. The van der Waals surface area contributed by atoms with Gasteiger partial charge >= 0.3 is 0 Å². The molecule has 2 unspecified atom stereocenters. The topological polar surface area (TPSA) is 33.6 Å². The van der Waals surface area contributed by atoms with Crippen molar-refractivity contribution in [1.82, 2.24) is 5.43 Å². The molecule has 1 spiro atoms. The van der Waals surface area contributed by atoms with Crippen LogP contribution in [0.25, 0.3) is 11.1 Å². The molecule has 0 saturated carbocycles. The molecule has 4 aliphatic rings. The molecule has 1 N–H and O–H groups in total. The molecule has 4 aromatic rings. The minimum absolute atomic E-state index is 0.242. The number of hydrogen-bond donors (Lipinski definition) is 1. The van der Waals surface area contributed by atoms with Crippen LogP contribution in [0.15, 0.2) is 120 Å². The summed E-state index contributed by atoms with van der Waals surface area (Å²) in [6, 6.07) is 32.8. The van der Waals surface area contributed by atoms with Crippen molar-refractivity contribution < 1.29 is 4.74 Å². The monoisotopic (exact) mass is 496 g/mol. The first-order chi connectivity index (χ1) is 18.3. The average Bonchev–Trinajstić information content (AvgIpc) is 3.57. The summed E-state index contributed by atoms with van der Waals surface area (Å²) >= 11 is 1.82. The fourth-order valence-electron chi connectivity index (χ4n) is 6.42. The first-order valence-corrected chi connectivity index (χ1v) is 13.7. The summed E-state index contributed by atoms with van der Waals surface area (Å²) in [4.78, 5) is 0. The number of nitrogens with zero attached hydrogens (tertiary/aromatic N) is 1. The van der Waals surface area contributed by atoms with E-state index in [0.717, 1.165) is 28.5 Å². The molecule has 37 heavy (non-hydrogen) atoms. The number of nitrogens with one attached hydrogen (secondary N) is 1. The predicted molar refractivity (Wildman–Crippen MR) is 151 cm³/mol. The van der Waals surface area contributed by atoms with E-state index in [0.29, 0.717) is 5.92 Å². The summed E-state index contributed by atoms with van der Waals surface area (Å²) in [7, 11) is 0. The molecular formula is C33H24N2OS. The average molecular weight is 497 g/mol. The Hall–Kier alpha value is -4.02. The molecule has 2 aliphatic heterocycles. The molecule has 3 nitrogen and oxygen atoms in total. The highest BCUT2D eigenvalue weighted by molar-refractivity contribution is 8.15. The first-order valence-electron chi connectivity index (χ1n) is 12.8. The minimum atomic E-state index is -0.444. The Balaban J connectivity index is 1.32. The second kappa shape index (κ2) is 7.99. The zero-order valence-corrected chi connectivity index (χ0v) is 20.9. The Kier molecular flexibility index (Phi) is 4.56. The standard InChI is InChI=1S/C33H24N2OS/c1-2-10-21(11-3-1)31-34-35-32(37-31)22-18-19-30-28(20-22)33(27-16-8-9-17-29(27)36-30)25-14-6-4-12-23(25)24-13-5-7-15-26(24)33/h1-10,12-21,31,34H,11H2. The van der Waals surface area contributed by atoms with Crippen molar-refractivity contribution in [2.45, 2.75) is 17.2 Å². The van der Waals surface area contributed by atoms with E-state index in [1.165, 1.54) is 33.4 Å². The van der Waals surface area contributed by atoms with Gasteiger partial charge in [-0.05, 0) is 52.9 Å². The van der Waals surface area contributed by atoms with Gasteiger partial charge in [-0.25, -0.2) is 0 Å². The van der Waals surface area contributed by atoms with Gasteiger partial charge in [0.15, 0.2) is 0 Å². The Morgan fingerprint density at radius 1 is 0.757 bits per heavy atom. The summed E-state index contributed by atoms with van der Waals surface area (Å²) < 4.78 is 6.55. The maximum absolute atomic E-state index is 6.55. The number of thioether (sulfide) groups is 1. The van der Waals surface area contributed by atoms with E-state index in [1.54, 1.807) is 0 Å². The van der Waals surface area contributed by atoms with E-state index in [4.69, 9.17) is 9.84 Å². The van der Waals surface area contributed by atoms with Gasteiger partial charge in [0.25, 0.3) is 0 Å². The van der Waals surface area contributed by atoms with Gasteiger partial charge in [0.05, 0.1) is 5.41 Å². The molecule has 0 amide bonds. The highest BCUT2D eigenvalue weighted by Crippen LogP contribution is 2.62. The van der Waals surface area contributed by atoms with E-state index in [-0.39, 0.29) is 5.37 Å². The van der Waals surface area contributed by atoms with E-state index in [2.05, 4.69) is 121 Å². The summed E-state index contributed by atoms with van der Waals surface area (Å²) in [6.07, 6.45) is 9.81. The van der Waals surface area contributed by atoms with Crippen molar-refractivity contribution in [3.63, 3.8) is 0 Å². The third kappa shape index (κ3) is 2.93. The number of fused-ring (bicyclic) bond motifs is 9. The van der Waals surface area contributed by atoms with Crippen LogP contribution in [-0.2, 0) is 5.41 Å². The summed E-state index contributed by atoms with van der Waals surface area (Å²) in [5.41, 5.74) is 11.6. The van der Waals surface area contributed by atoms with Crippen LogP contribution < -0.4 is 10.2 Å². The van der Waals surface area contributed by atoms with Crippen molar-refractivity contribution in [3.8, 4) is 22.6 Å². The largest absolute Gasteiger partial charge is 0.457 e. The van der Waals surface area contributed by atoms with Gasteiger partial charge in [-0.2, -0.15) is 5.10 Å². The molecule has 2 atom stereocenters. The molecule has 2 aliphatic carbocycles. The third-order valence-corrected chi connectivity index (χ3v) is 9.29. The van der Waals surface area contributed by atoms with Gasteiger partial charge < -0.3 is 4.74 Å². The lowest BCUT2D eigenvalue weighted by atomic mass is 9.66. The summed E-state index contributed by atoms with van der Waals surface area (Å²) in [6.45, 7) is 0. The molecule has 178 valence electrons. The number of para-hydroxylation sites is 1. The van der Waals surface area contributed by atoms with Crippen LogP contribution in [0, 0.1) is 5.92 Å². The fourth-order valence-corrected chi connectivity index (χ4v) is 7.52. The molecule has 0 fully saturated rings. The van der Waals surface area contributed by atoms with E-state index >= 15 is 0 Å². The van der Waals surface area contributed by atoms with Crippen molar-refractivity contribution in [1.29, 1.82) is 0 Å². The smallest absolute Gasteiger partial charge is 0.132 e. The van der Waals surface area contributed by atoms with Gasteiger partial charge in [-0.3, -0.25) is 5.43 Å². The van der Waals surface area contributed by atoms with Crippen molar-refractivity contribution >= 4 is 16.8 Å². The fraction of sp³-hybridized carbons (Fsp3) is 0.121. The Morgan fingerprint density at radius 2 is 1.46 bits per heavy atom. The lowest BCUT2D eigenvalue weighted by Crippen LogP contribution is -2.32. The lowest BCUT2D eigenvalue weighted by Gasteiger charge is -2.39. The second-order valence-electron chi connectivity index (χ2n) is 9.95. The van der Waals surface area contributed by atoms with Crippen LogP contribution >= 0.6 is 11.8 Å². The van der Waals surface area contributed by atoms with Crippen LogP contribution in [0.3, 0.4) is 0 Å². The molecule has 2 heterocycles. The van der Waals surface area contributed by atoms with Gasteiger partial charge in [-0.1, -0.05) is 103 Å². The molecular weight excluding hydrogens is 472 g/mol. The number of hydrogen-bond acceptors (Lipinski definition) is 4. The SMILES string of the molecule is C1=CCC(C2NN=C(c3ccc4c(c3)C3(c5ccccc5O4)c4ccccc4-c4ccccc43)S2)C=C1. The summed E-state index contributed by atoms with van der Waals surface area (Å²) in [5.74, 6) is 2.26. The van der Waals surface area contributed by atoms with E-state index in [1.807, 2.05) is 11.8 Å². The maximum atomic E-state index is 6.55. The molecule has 8 rings (SSSR count). The zero-order valence-electron chi connectivity index (χ0n) is 20.1. The first kappa shape index (κ1) is 21.1. The highest BCUT2D eigenvalue weighted by Gasteiger charge is 2.51. The minimum Gasteiger partial charge on any atom is -0.457 e. The van der Waals surface area contributed by atoms with E-state index in [9.17, 15) is 0 Å². The van der Waals surface area contributed by atoms with Crippen LogP contribution in [0.4, 0.5) is 0 Å². The Labute approximate surface area is 220 Å². The molecule has 0 saturated heterocycles. The maximum Gasteiger partial charge on any atom is 0.132 e. The Bertz CT molecular complexity index is 1620. The molecule has 0 radical (unpaired) electrons. The summed E-state index contributed by atoms with van der Waals surface area (Å²) in [5, 5.41) is 6.06. The highest BCUT2D eigenvalue weighted by atomic mass is 32.2. The van der Waals surface area contributed by atoms with Gasteiger partial charge in [0.1, 0.15) is 21.9 Å². The number of rotatable bonds is 2. The third-order valence-electron chi connectivity index (χ3n) is 8.03. The predicted octanol–water partition coefficient (Wildman–Crippen LogP) is 7.61. The van der Waals surface area contributed by atoms with Crippen LogP contribution in [-0.4, -0.2) is 10.4 Å². The molecule has 0 bridgehead atoms. The van der Waals surface area contributed by atoms with Crippen molar-refractivity contribution in [2.24, 2.45) is 11.0 Å². The molecule has 4 heteroatoms. The van der Waals surface area contributed by atoms with Crippen LogP contribution in [0.1, 0.15) is 34.2 Å².